The molecular formula is C34H31N7Pt. The zero-order valence-corrected chi connectivity index (χ0v) is 26.2. The number of benzene rings is 3. The van der Waals surface area contributed by atoms with E-state index in [4.69, 9.17) is 21.8 Å². The average Bonchev–Trinajstić information content (AvgIpc) is 3.68. The van der Waals surface area contributed by atoms with E-state index in [1.165, 1.54) is 0 Å². The largest absolute Gasteiger partial charge is 4.00 e. The van der Waals surface area contributed by atoms with E-state index in [1.807, 2.05) is 59.1 Å². The van der Waals surface area contributed by atoms with E-state index in [0.717, 1.165) is 33.8 Å². The molecule has 0 atom stereocenters. The maximum Gasteiger partial charge on any atom is 4.00 e. The second-order valence-corrected chi connectivity index (χ2v) is 10.7. The molecule has 0 aliphatic carbocycles. The van der Waals surface area contributed by atoms with Crippen LogP contribution in [0.2, 0.25) is 0 Å². The Bertz CT molecular complexity index is 1520. The minimum absolute atomic E-state index is 0. The van der Waals surface area contributed by atoms with E-state index in [2.05, 4.69) is 111 Å². The number of rotatable bonds is 5. The molecule has 1 aromatic heterocycles. The second-order valence-electron chi connectivity index (χ2n) is 10.7. The van der Waals surface area contributed by atoms with Gasteiger partial charge >= 0.3 is 21.1 Å². The third-order valence-corrected chi connectivity index (χ3v) is 6.68. The second kappa shape index (κ2) is 13.1. The van der Waals surface area contributed by atoms with Crippen molar-refractivity contribution in [2.75, 3.05) is 21.7 Å². The summed E-state index contributed by atoms with van der Waals surface area (Å²) < 4.78 is 0. The molecule has 2 aliphatic rings. The predicted octanol–water partition coefficient (Wildman–Crippen LogP) is 7.26. The SMILES string of the molecule is CN1C=CN(c2[c-]c(N3C=CN(c4c(-c5ccccc5)cccc4-c4ccccc4)[CH-]3)nc(C(C)(C)C)n2)[CH-]1.[C-]#N.[Pt+4]. The summed E-state index contributed by atoms with van der Waals surface area (Å²) in [6.45, 7) is 15.2. The first-order valence-electron chi connectivity index (χ1n) is 13.3. The van der Waals surface area contributed by atoms with Gasteiger partial charge in [0.2, 0.25) is 0 Å². The molecule has 212 valence electrons. The van der Waals surface area contributed by atoms with Crippen molar-refractivity contribution >= 4 is 17.3 Å². The number of aromatic nitrogens is 2. The normalized spacial score (nSPS) is 14.0. The molecule has 4 aromatic rings. The summed E-state index contributed by atoms with van der Waals surface area (Å²) in [7, 11) is 1.99. The quantitative estimate of drug-likeness (QED) is 0.200. The van der Waals surface area contributed by atoms with E-state index in [9.17, 15) is 0 Å². The Balaban J connectivity index is 0.00000132. The molecule has 3 aromatic carbocycles. The van der Waals surface area contributed by atoms with Gasteiger partial charge in [0.25, 0.3) is 0 Å². The van der Waals surface area contributed by atoms with Gasteiger partial charge in [0.15, 0.2) is 0 Å². The van der Waals surface area contributed by atoms with Crippen LogP contribution in [0, 0.1) is 31.2 Å². The van der Waals surface area contributed by atoms with Crippen LogP contribution in [0.4, 0.5) is 17.3 Å². The first-order valence-corrected chi connectivity index (χ1v) is 13.3. The van der Waals surface area contributed by atoms with E-state index in [1.54, 1.807) is 0 Å². The van der Waals surface area contributed by atoms with Crippen molar-refractivity contribution in [2.45, 2.75) is 26.2 Å². The molecule has 0 amide bonds. The maximum absolute atomic E-state index is 6.25. The molecule has 3 heterocycles. The molecule has 0 unspecified atom stereocenters. The van der Waals surface area contributed by atoms with E-state index in [0.29, 0.717) is 11.6 Å². The number of hydrogen-bond donors (Lipinski definition) is 0. The smallest absolute Gasteiger partial charge is 0.512 e. The molecule has 0 saturated heterocycles. The van der Waals surface area contributed by atoms with E-state index < -0.39 is 0 Å². The Kier molecular flexibility index (Phi) is 9.50. The first kappa shape index (κ1) is 30.6. The molecule has 2 aliphatic heterocycles. The van der Waals surface area contributed by atoms with Crippen LogP contribution in [0.25, 0.3) is 22.3 Å². The van der Waals surface area contributed by atoms with Gasteiger partial charge in [-0.25, -0.2) is 0 Å². The number of nitrogens with zero attached hydrogens (tertiary/aromatic N) is 7. The number of hydrogen-bond acceptors (Lipinski definition) is 7. The average molecular weight is 733 g/mol. The van der Waals surface area contributed by atoms with Gasteiger partial charge in [-0.05, 0) is 43.0 Å². The van der Waals surface area contributed by atoms with Gasteiger partial charge in [-0.2, -0.15) is 6.67 Å². The predicted molar refractivity (Wildman–Crippen MR) is 164 cm³/mol. The van der Waals surface area contributed by atoms with E-state index in [-0.39, 0.29) is 26.5 Å². The standard InChI is InChI=1S/C33H31N6.CN.Pt/c1-33(2,3)32-34-29(37-19-18-36(4)23-37)22-30(35-32)38-20-21-39(24-38)31-27(25-12-7-5-8-13-25)16-11-17-28(31)26-14-9-6-10-15-26;1-2;/h5-21,23-24H,1-4H3;;/q-3;-1;+4. The molecule has 0 radical (unpaired) electrons. The van der Waals surface area contributed by atoms with Crippen LogP contribution in [0.3, 0.4) is 0 Å². The Hall–Kier alpha value is -4.40. The summed E-state index contributed by atoms with van der Waals surface area (Å²) in [4.78, 5) is 17.9. The molecule has 6 rings (SSSR count). The molecule has 0 saturated carbocycles. The Labute approximate surface area is 263 Å². The van der Waals surface area contributed by atoms with Crippen LogP contribution in [0.1, 0.15) is 26.6 Å². The van der Waals surface area contributed by atoms with Gasteiger partial charge in [0.05, 0.1) is 0 Å². The molecule has 7 nitrogen and oxygen atoms in total. The molecular weight excluding hydrogens is 702 g/mol. The summed E-state index contributed by atoms with van der Waals surface area (Å²) in [6, 6.07) is 31.0. The number of para-hydroxylation sites is 1. The van der Waals surface area contributed by atoms with Crippen molar-refractivity contribution in [2.24, 2.45) is 0 Å². The fourth-order valence-electron chi connectivity index (χ4n) is 4.67. The van der Waals surface area contributed by atoms with Gasteiger partial charge < -0.3 is 37.5 Å². The fraction of sp³-hybridized carbons (Fsp3) is 0.147. The van der Waals surface area contributed by atoms with Gasteiger partial charge in [0.1, 0.15) is 5.82 Å². The van der Waals surface area contributed by atoms with Crippen molar-refractivity contribution in [3.8, 4) is 22.3 Å². The Morgan fingerprint density at radius 2 is 1.14 bits per heavy atom. The third-order valence-electron chi connectivity index (χ3n) is 6.68. The number of anilines is 3. The Morgan fingerprint density at radius 1 is 0.667 bits per heavy atom. The van der Waals surface area contributed by atoms with Crippen LogP contribution in [-0.2, 0) is 26.5 Å². The van der Waals surface area contributed by atoms with Crippen molar-refractivity contribution in [1.29, 1.82) is 5.26 Å². The summed E-state index contributed by atoms with van der Waals surface area (Å²) in [5.41, 5.74) is 5.52. The summed E-state index contributed by atoms with van der Waals surface area (Å²) in [5.74, 6) is 2.16. The van der Waals surface area contributed by atoms with Crippen LogP contribution in [0.5, 0.6) is 0 Å². The van der Waals surface area contributed by atoms with Gasteiger partial charge in [0, 0.05) is 22.2 Å². The zero-order valence-electron chi connectivity index (χ0n) is 23.9. The van der Waals surface area contributed by atoms with Crippen LogP contribution >= 0.6 is 0 Å². The molecule has 8 heteroatoms. The fourth-order valence-corrected chi connectivity index (χ4v) is 4.67. The molecule has 0 spiro atoms. The minimum atomic E-state index is -0.225. The van der Waals surface area contributed by atoms with Crippen molar-refractivity contribution in [3.05, 3.63) is 135 Å². The van der Waals surface area contributed by atoms with Gasteiger partial charge in [-0.1, -0.05) is 111 Å². The zero-order chi connectivity index (χ0) is 29.0. The summed E-state index contributed by atoms with van der Waals surface area (Å²) in [6.07, 6.45) is 8.08. The monoisotopic (exact) mass is 732 g/mol. The van der Waals surface area contributed by atoms with Crippen molar-refractivity contribution in [3.63, 3.8) is 0 Å². The van der Waals surface area contributed by atoms with Crippen molar-refractivity contribution < 1.29 is 21.1 Å². The van der Waals surface area contributed by atoms with Crippen LogP contribution < -0.4 is 14.7 Å². The van der Waals surface area contributed by atoms with Crippen LogP contribution in [0.15, 0.2) is 104 Å². The topological polar surface area (TPSA) is 62.5 Å². The third kappa shape index (κ3) is 6.40. The van der Waals surface area contributed by atoms with Crippen molar-refractivity contribution in [1.82, 2.24) is 14.9 Å². The Morgan fingerprint density at radius 3 is 1.62 bits per heavy atom. The van der Waals surface area contributed by atoms with Gasteiger partial charge in [-0.15, -0.1) is 6.67 Å². The molecule has 0 N–H and O–H groups in total. The molecule has 0 bridgehead atoms. The summed E-state index contributed by atoms with van der Waals surface area (Å²) >= 11 is 0. The molecule has 0 fully saturated rings. The maximum atomic E-state index is 6.25. The molecule has 42 heavy (non-hydrogen) atoms. The van der Waals surface area contributed by atoms with E-state index >= 15 is 0 Å². The first-order chi connectivity index (χ1) is 19.9. The van der Waals surface area contributed by atoms with Gasteiger partial charge in [-0.3, -0.25) is 9.97 Å². The van der Waals surface area contributed by atoms with Crippen LogP contribution in [-0.4, -0.2) is 21.9 Å². The summed E-state index contributed by atoms with van der Waals surface area (Å²) in [5, 5.41) is 6.25. The minimum Gasteiger partial charge on any atom is -0.512 e.